The van der Waals surface area contributed by atoms with E-state index in [2.05, 4.69) is 5.10 Å². The molecule has 4 rings (SSSR count). The van der Waals surface area contributed by atoms with Gasteiger partial charge in [0.1, 0.15) is 18.3 Å². The van der Waals surface area contributed by atoms with Crippen LogP contribution in [-0.4, -0.2) is 41.0 Å². The van der Waals surface area contributed by atoms with Crippen molar-refractivity contribution in [3.63, 3.8) is 0 Å². The number of hydrazone groups is 1. The minimum Gasteiger partial charge on any atom is -0.467 e. The second kappa shape index (κ2) is 6.48. The first-order valence-electron chi connectivity index (χ1n) is 8.35. The fourth-order valence-electron chi connectivity index (χ4n) is 3.03. The molecule has 1 atom stereocenters. The van der Waals surface area contributed by atoms with Gasteiger partial charge in [0.25, 0.3) is 5.91 Å². The van der Waals surface area contributed by atoms with Gasteiger partial charge in [-0.05, 0) is 36.4 Å². The summed E-state index contributed by atoms with van der Waals surface area (Å²) in [5.41, 5.74) is 0.876. The van der Waals surface area contributed by atoms with Gasteiger partial charge in [-0.3, -0.25) is 9.59 Å². The Kier molecular flexibility index (Phi) is 4.17. The third kappa shape index (κ3) is 3.24. The van der Waals surface area contributed by atoms with Crippen LogP contribution in [0, 0.1) is 5.92 Å². The molecule has 2 aliphatic rings. The number of rotatable bonds is 5. The first-order valence-corrected chi connectivity index (χ1v) is 9.23. The number of likely N-dealkylation sites (N-methyl/N-ethyl adjacent to an activating group) is 1. The number of furan rings is 1. The van der Waals surface area contributed by atoms with E-state index >= 15 is 0 Å². The maximum Gasteiger partial charge on any atom is 0.262 e. The Bertz CT molecular complexity index is 794. The van der Waals surface area contributed by atoms with Gasteiger partial charge in [0.05, 0.1) is 16.9 Å². The minimum absolute atomic E-state index is 0.0355. The number of hydrogen-bond acceptors (Lipinski definition) is 5. The largest absolute Gasteiger partial charge is 0.467 e. The summed E-state index contributed by atoms with van der Waals surface area (Å²) < 4.78 is 5.52. The fraction of sp³-hybridized carbons (Fsp3) is 0.389. The molecule has 7 heteroatoms. The van der Waals surface area contributed by atoms with Gasteiger partial charge < -0.3 is 9.32 Å². The van der Waals surface area contributed by atoms with Gasteiger partial charge in [-0.1, -0.05) is 6.07 Å². The topological polar surface area (TPSA) is 66.1 Å². The molecular weight excluding hydrogens is 338 g/mol. The van der Waals surface area contributed by atoms with Gasteiger partial charge in [0, 0.05) is 19.4 Å². The molecule has 0 spiro atoms. The zero-order chi connectivity index (χ0) is 17.4. The highest BCUT2D eigenvalue weighted by Gasteiger charge is 2.37. The van der Waals surface area contributed by atoms with Crippen LogP contribution in [0.25, 0.3) is 0 Å². The lowest BCUT2D eigenvalue weighted by atomic mass is 10.1. The Hall–Kier alpha value is -2.41. The van der Waals surface area contributed by atoms with Gasteiger partial charge in [-0.2, -0.15) is 5.10 Å². The number of nitrogens with zero attached hydrogens (tertiary/aromatic N) is 3. The van der Waals surface area contributed by atoms with E-state index < -0.39 is 0 Å². The first kappa shape index (κ1) is 16.1. The molecule has 2 aromatic rings. The van der Waals surface area contributed by atoms with Crippen molar-refractivity contribution in [3.05, 3.63) is 46.5 Å². The summed E-state index contributed by atoms with van der Waals surface area (Å²) in [7, 11) is 1.68. The van der Waals surface area contributed by atoms with Crippen molar-refractivity contribution in [3.8, 4) is 0 Å². The third-order valence-electron chi connectivity index (χ3n) is 4.52. The van der Waals surface area contributed by atoms with E-state index in [4.69, 9.17) is 4.42 Å². The lowest BCUT2D eigenvalue weighted by Crippen LogP contribution is -2.39. The number of hydrogen-bond donors (Lipinski definition) is 0. The zero-order valence-corrected chi connectivity index (χ0v) is 14.7. The molecule has 6 nitrogen and oxygen atoms in total. The van der Waals surface area contributed by atoms with E-state index in [0.717, 1.165) is 23.4 Å². The Labute approximate surface area is 149 Å². The highest BCUT2D eigenvalue weighted by atomic mass is 32.1. The summed E-state index contributed by atoms with van der Waals surface area (Å²) in [6.07, 6.45) is 4.07. The molecule has 0 saturated heterocycles. The molecule has 3 heterocycles. The third-order valence-corrected chi connectivity index (χ3v) is 5.44. The molecule has 0 radical (unpaired) electrons. The molecule has 0 bridgehead atoms. The monoisotopic (exact) mass is 357 g/mol. The van der Waals surface area contributed by atoms with Gasteiger partial charge >= 0.3 is 0 Å². The number of thiophene rings is 1. The van der Waals surface area contributed by atoms with Crippen LogP contribution >= 0.6 is 11.3 Å². The van der Waals surface area contributed by atoms with Crippen molar-refractivity contribution in [2.45, 2.75) is 25.3 Å². The molecule has 1 aliphatic carbocycles. The van der Waals surface area contributed by atoms with E-state index in [1.807, 2.05) is 29.6 Å². The molecule has 2 amide bonds. The highest BCUT2D eigenvalue weighted by molar-refractivity contribution is 7.12. The summed E-state index contributed by atoms with van der Waals surface area (Å²) in [5.74, 6) is 0.663. The molecule has 25 heavy (non-hydrogen) atoms. The Morgan fingerprint density at radius 1 is 1.36 bits per heavy atom. The van der Waals surface area contributed by atoms with Gasteiger partial charge in [-0.25, -0.2) is 5.01 Å². The summed E-state index contributed by atoms with van der Waals surface area (Å²) >= 11 is 1.60. The Balaban J connectivity index is 1.54. The predicted molar refractivity (Wildman–Crippen MR) is 94.1 cm³/mol. The average Bonchev–Trinajstić information content (AvgIpc) is 3.04. The lowest BCUT2D eigenvalue weighted by molar-refractivity contribution is -0.141. The molecule has 1 saturated carbocycles. The molecule has 1 fully saturated rings. The van der Waals surface area contributed by atoms with E-state index in [0.29, 0.717) is 12.2 Å². The molecule has 2 aromatic heterocycles. The van der Waals surface area contributed by atoms with Crippen molar-refractivity contribution in [1.29, 1.82) is 0 Å². The summed E-state index contributed by atoms with van der Waals surface area (Å²) in [6.45, 7) is 0.0355. The standard InChI is InChI=1S/C18H19N3O3S/c1-20(18(23)12-6-7-12)11-17(22)21-14(15-4-2-8-24-15)10-13(19-21)16-5-3-9-25-16/h2-5,8-9,12,14H,6-7,10-11H2,1H3/t14-/m0/s1. The van der Waals surface area contributed by atoms with Crippen molar-refractivity contribution in [2.24, 2.45) is 11.0 Å². The normalized spacial score (nSPS) is 19.8. The van der Waals surface area contributed by atoms with E-state index in [1.165, 1.54) is 9.91 Å². The van der Waals surface area contributed by atoms with Crippen LogP contribution in [0.1, 0.15) is 35.9 Å². The SMILES string of the molecule is CN(CC(=O)N1N=C(c2cccs2)C[C@H]1c1ccco1)C(=O)C1CC1. The Morgan fingerprint density at radius 3 is 2.84 bits per heavy atom. The van der Waals surface area contributed by atoms with Crippen molar-refractivity contribution in [2.75, 3.05) is 13.6 Å². The average molecular weight is 357 g/mol. The molecule has 0 N–H and O–H groups in total. The molecule has 0 aromatic carbocycles. The Morgan fingerprint density at radius 2 is 2.20 bits per heavy atom. The second-order valence-corrected chi connectivity index (χ2v) is 7.41. The smallest absolute Gasteiger partial charge is 0.262 e. The van der Waals surface area contributed by atoms with Crippen LogP contribution in [0.4, 0.5) is 0 Å². The maximum absolute atomic E-state index is 12.8. The fourth-order valence-corrected chi connectivity index (χ4v) is 3.75. The molecule has 130 valence electrons. The second-order valence-electron chi connectivity index (χ2n) is 6.47. The van der Waals surface area contributed by atoms with Gasteiger partial charge in [-0.15, -0.1) is 11.3 Å². The number of carbonyl (C=O) groups is 2. The minimum atomic E-state index is -0.260. The summed E-state index contributed by atoms with van der Waals surface area (Å²) in [5, 5.41) is 8.02. The summed E-state index contributed by atoms with van der Waals surface area (Å²) in [6, 6.07) is 7.38. The van der Waals surface area contributed by atoms with Crippen molar-refractivity contribution < 1.29 is 14.0 Å². The van der Waals surface area contributed by atoms with Gasteiger partial charge in [0.2, 0.25) is 5.91 Å². The number of carbonyl (C=O) groups excluding carboxylic acids is 2. The van der Waals surface area contributed by atoms with Crippen LogP contribution in [0.5, 0.6) is 0 Å². The maximum atomic E-state index is 12.8. The van der Waals surface area contributed by atoms with Crippen molar-refractivity contribution >= 4 is 28.9 Å². The number of amides is 2. The highest BCUT2D eigenvalue weighted by Crippen LogP contribution is 2.34. The van der Waals surface area contributed by atoms with E-state index in [9.17, 15) is 9.59 Å². The predicted octanol–water partition coefficient (Wildman–Crippen LogP) is 2.89. The van der Waals surface area contributed by atoms with Crippen LogP contribution in [0.15, 0.2) is 45.4 Å². The van der Waals surface area contributed by atoms with Gasteiger partial charge in [0.15, 0.2) is 0 Å². The molecule has 0 unspecified atom stereocenters. The lowest BCUT2D eigenvalue weighted by Gasteiger charge is -2.23. The zero-order valence-electron chi connectivity index (χ0n) is 13.9. The summed E-state index contributed by atoms with van der Waals surface area (Å²) in [4.78, 5) is 27.5. The quantitative estimate of drug-likeness (QED) is 0.826. The van der Waals surface area contributed by atoms with E-state index in [-0.39, 0.29) is 30.3 Å². The van der Waals surface area contributed by atoms with Crippen LogP contribution < -0.4 is 0 Å². The van der Waals surface area contributed by atoms with Crippen LogP contribution in [0.3, 0.4) is 0 Å². The molecule has 1 aliphatic heterocycles. The van der Waals surface area contributed by atoms with Crippen LogP contribution in [0.2, 0.25) is 0 Å². The van der Waals surface area contributed by atoms with Crippen molar-refractivity contribution in [1.82, 2.24) is 9.91 Å². The van der Waals surface area contributed by atoms with Crippen LogP contribution in [-0.2, 0) is 9.59 Å². The van der Waals surface area contributed by atoms with E-state index in [1.54, 1.807) is 24.6 Å². The first-order chi connectivity index (χ1) is 12.1. The molecular formula is C18H19N3O3S.